The number of fused-ring (bicyclic) bond motifs is 1. The lowest BCUT2D eigenvalue weighted by Gasteiger charge is -2.21. The lowest BCUT2D eigenvalue weighted by atomic mass is 9.88. The van der Waals surface area contributed by atoms with Crippen LogP contribution < -0.4 is 10.3 Å². The van der Waals surface area contributed by atoms with Gasteiger partial charge in [-0.15, -0.1) is 0 Å². The summed E-state index contributed by atoms with van der Waals surface area (Å²) in [4.78, 5) is 24.6. The first kappa shape index (κ1) is 24.1. The van der Waals surface area contributed by atoms with Crippen molar-refractivity contribution >= 4 is 10.9 Å². The minimum atomic E-state index is -2.93. The average Bonchev–Trinajstić information content (AvgIpc) is 3.32. The number of aromatic nitrogens is 4. The molecule has 1 aliphatic rings. The number of likely N-dealkylation sites (tertiary alicyclic amines) is 1. The van der Waals surface area contributed by atoms with Crippen LogP contribution in [0.2, 0.25) is 0 Å². The minimum Gasteiger partial charge on any atom is -0.434 e. The SMILES string of the molecule is Cc1ccc(OC(F)F)c(Cn2c3cc(-c4cnc(C5(C)CCN(C)C5)nc4)ccc3c(=O)n2C)c1. The molecule has 1 fully saturated rings. The predicted molar refractivity (Wildman–Crippen MR) is 135 cm³/mol. The Hall–Kier alpha value is -3.59. The first-order valence-corrected chi connectivity index (χ1v) is 11.9. The zero-order valence-electron chi connectivity index (χ0n) is 20.8. The zero-order chi connectivity index (χ0) is 25.6. The van der Waals surface area contributed by atoms with Crippen molar-refractivity contribution in [2.45, 2.75) is 38.8 Å². The van der Waals surface area contributed by atoms with E-state index in [0.717, 1.165) is 42.0 Å². The first-order valence-electron chi connectivity index (χ1n) is 11.9. The van der Waals surface area contributed by atoms with E-state index >= 15 is 0 Å². The topological polar surface area (TPSA) is 65.2 Å². The fraction of sp³-hybridized carbons (Fsp3) is 0.370. The Labute approximate surface area is 207 Å². The average molecular weight is 494 g/mol. The molecule has 2 aromatic carbocycles. The van der Waals surface area contributed by atoms with Crippen molar-refractivity contribution < 1.29 is 13.5 Å². The third kappa shape index (κ3) is 4.39. The van der Waals surface area contributed by atoms with Crippen molar-refractivity contribution in [3.05, 3.63) is 76.1 Å². The summed E-state index contributed by atoms with van der Waals surface area (Å²) in [6.07, 6.45) is 4.67. The third-order valence-electron chi connectivity index (χ3n) is 7.10. The van der Waals surface area contributed by atoms with Crippen LogP contribution in [0.4, 0.5) is 8.78 Å². The van der Waals surface area contributed by atoms with Gasteiger partial charge in [-0.25, -0.2) is 9.97 Å². The Bertz CT molecular complexity index is 1480. The van der Waals surface area contributed by atoms with Crippen molar-refractivity contribution in [2.24, 2.45) is 7.05 Å². The van der Waals surface area contributed by atoms with E-state index in [1.54, 1.807) is 29.9 Å². The smallest absolute Gasteiger partial charge is 0.387 e. The molecule has 2 aromatic heterocycles. The lowest BCUT2D eigenvalue weighted by Crippen LogP contribution is -2.28. The summed E-state index contributed by atoms with van der Waals surface area (Å²) in [6, 6.07) is 10.6. The maximum absolute atomic E-state index is 13.0. The van der Waals surface area contributed by atoms with Crippen molar-refractivity contribution in [1.82, 2.24) is 24.2 Å². The van der Waals surface area contributed by atoms with Gasteiger partial charge in [0.1, 0.15) is 11.6 Å². The van der Waals surface area contributed by atoms with Gasteiger partial charge in [0.2, 0.25) is 0 Å². The molecule has 1 saturated heterocycles. The third-order valence-corrected chi connectivity index (χ3v) is 7.10. The number of alkyl halides is 2. The summed E-state index contributed by atoms with van der Waals surface area (Å²) in [5, 5.41) is 0.546. The molecule has 0 radical (unpaired) electrons. The molecular formula is C27H29F2N5O2. The second kappa shape index (κ2) is 9.13. The summed E-state index contributed by atoms with van der Waals surface area (Å²) < 4.78 is 34.0. The molecule has 1 atom stereocenters. The number of ether oxygens (including phenoxy) is 1. The van der Waals surface area contributed by atoms with E-state index in [1.807, 2.05) is 31.5 Å². The molecule has 188 valence electrons. The van der Waals surface area contributed by atoms with Gasteiger partial charge in [0, 0.05) is 42.5 Å². The quantitative estimate of drug-likeness (QED) is 0.400. The summed E-state index contributed by atoms with van der Waals surface area (Å²) >= 11 is 0. The Kier molecular flexibility index (Phi) is 6.12. The molecule has 5 rings (SSSR count). The van der Waals surface area contributed by atoms with E-state index in [1.165, 1.54) is 10.7 Å². The summed E-state index contributed by atoms with van der Waals surface area (Å²) in [6.45, 7) is 3.29. The van der Waals surface area contributed by atoms with Gasteiger partial charge in [0.25, 0.3) is 5.56 Å². The van der Waals surface area contributed by atoms with Gasteiger partial charge in [-0.05, 0) is 50.7 Å². The lowest BCUT2D eigenvalue weighted by molar-refractivity contribution is -0.0505. The molecule has 9 heteroatoms. The monoisotopic (exact) mass is 493 g/mol. The van der Waals surface area contributed by atoms with E-state index in [-0.39, 0.29) is 23.3 Å². The highest BCUT2D eigenvalue weighted by Gasteiger charge is 2.36. The molecule has 0 amide bonds. The Morgan fingerprint density at radius 3 is 2.50 bits per heavy atom. The van der Waals surface area contributed by atoms with Crippen LogP contribution in [-0.4, -0.2) is 51.0 Å². The highest BCUT2D eigenvalue weighted by atomic mass is 19.3. The molecule has 3 heterocycles. The fourth-order valence-electron chi connectivity index (χ4n) is 5.11. The van der Waals surface area contributed by atoms with E-state index in [0.29, 0.717) is 16.5 Å². The number of halogens is 2. The molecular weight excluding hydrogens is 464 g/mol. The molecule has 0 N–H and O–H groups in total. The maximum atomic E-state index is 13.0. The second-order valence-electron chi connectivity index (χ2n) is 9.95. The van der Waals surface area contributed by atoms with Crippen LogP contribution in [0.1, 0.15) is 30.3 Å². The van der Waals surface area contributed by atoms with Gasteiger partial charge in [-0.1, -0.05) is 30.7 Å². The van der Waals surface area contributed by atoms with Gasteiger partial charge < -0.3 is 9.64 Å². The molecule has 0 saturated carbocycles. The number of aryl methyl sites for hydroxylation is 1. The van der Waals surface area contributed by atoms with E-state index < -0.39 is 6.61 Å². The molecule has 7 nitrogen and oxygen atoms in total. The Morgan fingerprint density at radius 2 is 1.83 bits per heavy atom. The number of rotatable bonds is 6. The van der Waals surface area contributed by atoms with Crippen LogP contribution in [0.3, 0.4) is 0 Å². The fourth-order valence-corrected chi connectivity index (χ4v) is 5.11. The molecule has 0 spiro atoms. The van der Waals surface area contributed by atoms with E-state index in [2.05, 4.69) is 28.8 Å². The molecule has 1 unspecified atom stereocenters. The van der Waals surface area contributed by atoms with Crippen LogP contribution in [0, 0.1) is 6.92 Å². The number of hydrogen-bond acceptors (Lipinski definition) is 5. The van der Waals surface area contributed by atoms with Crippen LogP contribution >= 0.6 is 0 Å². The van der Waals surface area contributed by atoms with E-state index in [4.69, 9.17) is 4.74 Å². The summed E-state index contributed by atoms with van der Waals surface area (Å²) in [5.41, 5.74) is 3.65. The number of likely N-dealkylation sites (N-methyl/N-ethyl adjacent to an activating group) is 1. The largest absolute Gasteiger partial charge is 0.434 e. The maximum Gasteiger partial charge on any atom is 0.387 e. The van der Waals surface area contributed by atoms with Gasteiger partial charge >= 0.3 is 6.61 Å². The standard InChI is InChI=1S/C27H29F2N5O2/c1-17-5-8-23(36-26(28)29)19(11-17)15-34-22-12-18(6-7-21(22)24(35)33(34)4)20-13-30-25(31-14-20)27(2)9-10-32(3)16-27/h5-8,11-14,26H,9-10,15-16H2,1-4H3. The Morgan fingerprint density at radius 1 is 1.08 bits per heavy atom. The Balaban J connectivity index is 1.53. The van der Waals surface area contributed by atoms with Gasteiger partial charge in [0.15, 0.2) is 0 Å². The van der Waals surface area contributed by atoms with Crippen LogP contribution in [-0.2, 0) is 19.0 Å². The highest BCUT2D eigenvalue weighted by molar-refractivity contribution is 5.84. The number of benzene rings is 2. The minimum absolute atomic E-state index is 0.0665. The van der Waals surface area contributed by atoms with Gasteiger partial charge in [-0.3, -0.25) is 14.2 Å². The van der Waals surface area contributed by atoms with Crippen LogP contribution in [0.15, 0.2) is 53.6 Å². The summed E-state index contributed by atoms with van der Waals surface area (Å²) in [7, 11) is 3.77. The first-order chi connectivity index (χ1) is 17.1. The van der Waals surface area contributed by atoms with Crippen molar-refractivity contribution in [3.8, 4) is 16.9 Å². The molecule has 1 aliphatic heterocycles. The molecule has 0 aliphatic carbocycles. The van der Waals surface area contributed by atoms with Crippen molar-refractivity contribution in [1.29, 1.82) is 0 Å². The molecule has 0 bridgehead atoms. The second-order valence-corrected chi connectivity index (χ2v) is 9.95. The van der Waals surface area contributed by atoms with Crippen LogP contribution in [0.25, 0.3) is 22.0 Å². The number of nitrogens with zero attached hydrogens (tertiary/aromatic N) is 5. The summed E-state index contributed by atoms with van der Waals surface area (Å²) in [5.74, 6) is 0.926. The zero-order valence-corrected chi connectivity index (χ0v) is 20.8. The van der Waals surface area contributed by atoms with Crippen LogP contribution in [0.5, 0.6) is 5.75 Å². The van der Waals surface area contributed by atoms with Gasteiger partial charge in [-0.2, -0.15) is 8.78 Å². The highest BCUT2D eigenvalue weighted by Crippen LogP contribution is 2.32. The van der Waals surface area contributed by atoms with Gasteiger partial charge in [0.05, 0.1) is 17.4 Å². The molecule has 36 heavy (non-hydrogen) atoms. The van der Waals surface area contributed by atoms with Crippen molar-refractivity contribution in [2.75, 3.05) is 20.1 Å². The predicted octanol–water partition coefficient (Wildman–Crippen LogP) is 4.35. The molecule has 4 aromatic rings. The van der Waals surface area contributed by atoms with Crippen molar-refractivity contribution in [3.63, 3.8) is 0 Å². The normalized spacial score (nSPS) is 18.4. The number of hydrogen-bond donors (Lipinski definition) is 0. The van der Waals surface area contributed by atoms with E-state index in [9.17, 15) is 13.6 Å².